The Balaban J connectivity index is 2.42. The van der Waals surface area contributed by atoms with E-state index < -0.39 is 0 Å². The van der Waals surface area contributed by atoms with Gasteiger partial charge in [-0.25, -0.2) is 0 Å². The molecule has 1 aromatic carbocycles. The third-order valence-electron chi connectivity index (χ3n) is 3.63. The molecule has 1 unspecified atom stereocenters. The number of carbonyl (C=O) groups excluding carboxylic acids is 1. The van der Waals surface area contributed by atoms with Crippen LogP contribution in [0.1, 0.15) is 46.0 Å². The number of methoxy groups -OCH3 is 1. The van der Waals surface area contributed by atoms with Crippen molar-refractivity contribution >= 4 is 11.6 Å². The summed E-state index contributed by atoms with van der Waals surface area (Å²) < 4.78 is 5.11. The Morgan fingerprint density at radius 2 is 2.00 bits per heavy atom. The van der Waals surface area contributed by atoms with Crippen molar-refractivity contribution in [2.75, 3.05) is 12.4 Å². The number of nitrogens with one attached hydrogen (secondary N) is 1. The molecule has 0 aliphatic rings. The Morgan fingerprint density at radius 1 is 1.29 bits per heavy atom. The van der Waals surface area contributed by atoms with Crippen molar-refractivity contribution in [1.29, 1.82) is 0 Å². The summed E-state index contributed by atoms with van der Waals surface area (Å²) in [5, 5.41) is 2.99. The summed E-state index contributed by atoms with van der Waals surface area (Å²) in [4.78, 5) is 12.3. The van der Waals surface area contributed by atoms with Crippen LogP contribution in [0.4, 0.5) is 5.69 Å². The molecule has 0 saturated carbocycles. The number of anilines is 1. The quantitative estimate of drug-likeness (QED) is 0.524. The van der Waals surface area contributed by atoms with E-state index >= 15 is 0 Å². The molecular formula is C18H27NO2. The molecule has 0 bridgehead atoms. The molecule has 0 aromatic heterocycles. The second-order valence-electron chi connectivity index (χ2n) is 5.18. The summed E-state index contributed by atoms with van der Waals surface area (Å²) in [6.45, 7) is 4.11. The van der Waals surface area contributed by atoms with Gasteiger partial charge in [0.15, 0.2) is 0 Å². The van der Waals surface area contributed by atoms with Gasteiger partial charge in [0.05, 0.1) is 7.11 Å². The molecule has 21 heavy (non-hydrogen) atoms. The van der Waals surface area contributed by atoms with E-state index in [1.165, 1.54) is 0 Å². The Hall–Kier alpha value is -1.77. The number of rotatable bonds is 9. The lowest BCUT2D eigenvalue weighted by atomic mass is 9.97. The van der Waals surface area contributed by atoms with E-state index in [0.29, 0.717) is 0 Å². The molecule has 0 radical (unpaired) electrons. The van der Waals surface area contributed by atoms with Crippen LogP contribution in [0.3, 0.4) is 0 Å². The van der Waals surface area contributed by atoms with Gasteiger partial charge in [-0.2, -0.15) is 0 Å². The average molecular weight is 289 g/mol. The Labute approximate surface area is 128 Å². The van der Waals surface area contributed by atoms with Crippen molar-refractivity contribution in [1.82, 2.24) is 0 Å². The fourth-order valence-corrected chi connectivity index (χ4v) is 2.26. The van der Waals surface area contributed by atoms with Crippen molar-refractivity contribution < 1.29 is 9.53 Å². The van der Waals surface area contributed by atoms with Crippen molar-refractivity contribution in [3.8, 4) is 5.75 Å². The molecule has 3 nitrogen and oxygen atoms in total. The number of hydrogen-bond donors (Lipinski definition) is 1. The number of benzene rings is 1. The standard InChI is InChI=1S/C18H27NO2/c1-4-6-7-8-9-10-15(5-2)18(20)19-16-11-13-17(21-3)14-12-16/h4,6,11-15H,5,7-10H2,1-3H3,(H,19,20). The van der Waals surface area contributed by atoms with Crippen LogP contribution in [0.2, 0.25) is 0 Å². The summed E-state index contributed by atoms with van der Waals surface area (Å²) in [6, 6.07) is 7.45. The minimum Gasteiger partial charge on any atom is -0.497 e. The lowest BCUT2D eigenvalue weighted by Crippen LogP contribution is -2.22. The van der Waals surface area contributed by atoms with Crippen molar-refractivity contribution in [3.05, 3.63) is 36.4 Å². The molecule has 0 aliphatic carbocycles. The highest BCUT2D eigenvalue weighted by Gasteiger charge is 2.15. The SMILES string of the molecule is CC=CCCCCC(CC)C(=O)Nc1ccc(OC)cc1. The first-order valence-corrected chi connectivity index (χ1v) is 7.77. The van der Waals surface area contributed by atoms with Crippen LogP contribution in [0.15, 0.2) is 36.4 Å². The van der Waals surface area contributed by atoms with Gasteiger partial charge in [0, 0.05) is 11.6 Å². The lowest BCUT2D eigenvalue weighted by Gasteiger charge is -2.15. The summed E-state index contributed by atoms with van der Waals surface area (Å²) in [7, 11) is 1.63. The maximum atomic E-state index is 12.3. The van der Waals surface area contributed by atoms with E-state index in [-0.39, 0.29) is 11.8 Å². The molecule has 0 fully saturated rings. The van der Waals surface area contributed by atoms with Crippen LogP contribution < -0.4 is 10.1 Å². The molecule has 3 heteroatoms. The van der Waals surface area contributed by atoms with Gasteiger partial charge in [-0.05, 0) is 56.9 Å². The lowest BCUT2D eigenvalue weighted by molar-refractivity contribution is -0.120. The summed E-state index contributed by atoms with van der Waals surface area (Å²) >= 11 is 0. The molecule has 0 spiro atoms. The van der Waals surface area contributed by atoms with E-state index in [1.807, 2.05) is 31.2 Å². The number of amides is 1. The zero-order chi connectivity index (χ0) is 15.5. The van der Waals surface area contributed by atoms with Crippen LogP contribution >= 0.6 is 0 Å². The number of carbonyl (C=O) groups is 1. The third kappa shape index (κ3) is 6.48. The summed E-state index contributed by atoms with van der Waals surface area (Å²) in [6.07, 6.45) is 9.44. The van der Waals surface area contributed by atoms with Gasteiger partial charge in [-0.15, -0.1) is 0 Å². The molecule has 0 heterocycles. The molecule has 1 aromatic rings. The molecule has 0 aliphatic heterocycles. The van der Waals surface area contributed by atoms with Gasteiger partial charge in [0.1, 0.15) is 5.75 Å². The Morgan fingerprint density at radius 3 is 2.57 bits per heavy atom. The van der Waals surface area contributed by atoms with Crippen LogP contribution in [0.25, 0.3) is 0 Å². The predicted octanol–water partition coefficient (Wildman–Crippen LogP) is 4.80. The summed E-state index contributed by atoms with van der Waals surface area (Å²) in [5.74, 6) is 1.01. The fraction of sp³-hybridized carbons (Fsp3) is 0.500. The average Bonchev–Trinajstić information content (AvgIpc) is 2.51. The Kier molecular flexibility index (Phi) is 8.25. The molecule has 1 N–H and O–H groups in total. The van der Waals surface area contributed by atoms with Gasteiger partial charge in [-0.3, -0.25) is 4.79 Å². The van der Waals surface area contributed by atoms with E-state index in [2.05, 4.69) is 24.4 Å². The topological polar surface area (TPSA) is 38.3 Å². The van der Waals surface area contributed by atoms with E-state index in [1.54, 1.807) is 7.11 Å². The predicted molar refractivity (Wildman–Crippen MR) is 88.7 cm³/mol. The van der Waals surface area contributed by atoms with Crippen molar-refractivity contribution in [3.63, 3.8) is 0 Å². The minimum atomic E-state index is 0.0951. The summed E-state index contributed by atoms with van der Waals surface area (Å²) in [5.41, 5.74) is 0.827. The highest BCUT2D eigenvalue weighted by molar-refractivity contribution is 5.92. The third-order valence-corrected chi connectivity index (χ3v) is 3.63. The van der Waals surface area contributed by atoms with Crippen LogP contribution in [0, 0.1) is 5.92 Å². The molecule has 0 saturated heterocycles. The number of unbranched alkanes of at least 4 members (excludes halogenated alkanes) is 2. The second kappa shape index (κ2) is 10.0. The first-order valence-electron chi connectivity index (χ1n) is 7.77. The number of hydrogen-bond acceptors (Lipinski definition) is 2. The highest BCUT2D eigenvalue weighted by atomic mass is 16.5. The van der Waals surface area contributed by atoms with Crippen LogP contribution in [-0.4, -0.2) is 13.0 Å². The maximum absolute atomic E-state index is 12.3. The minimum absolute atomic E-state index is 0.0951. The normalized spacial score (nSPS) is 12.3. The largest absolute Gasteiger partial charge is 0.497 e. The smallest absolute Gasteiger partial charge is 0.227 e. The fourth-order valence-electron chi connectivity index (χ4n) is 2.26. The highest BCUT2D eigenvalue weighted by Crippen LogP contribution is 2.19. The molecule has 116 valence electrons. The van der Waals surface area contributed by atoms with Crippen LogP contribution in [-0.2, 0) is 4.79 Å². The second-order valence-corrected chi connectivity index (χ2v) is 5.18. The number of ether oxygens (including phenoxy) is 1. The van der Waals surface area contributed by atoms with E-state index in [4.69, 9.17) is 4.74 Å². The Bertz CT molecular complexity index is 437. The van der Waals surface area contributed by atoms with Gasteiger partial charge in [0.2, 0.25) is 5.91 Å². The zero-order valence-corrected chi connectivity index (χ0v) is 13.4. The van der Waals surface area contributed by atoms with Gasteiger partial charge < -0.3 is 10.1 Å². The monoisotopic (exact) mass is 289 g/mol. The van der Waals surface area contributed by atoms with Gasteiger partial charge >= 0.3 is 0 Å². The van der Waals surface area contributed by atoms with E-state index in [9.17, 15) is 4.79 Å². The molecule has 1 amide bonds. The first-order chi connectivity index (χ1) is 10.2. The zero-order valence-electron chi connectivity index (χ0n) is 13.4. The van der Waals surface area contributed by atoms with E-state index in [0.717, 1.165) is 43.5 Å². The van der Waals surface area contributed by atoms with Gasteiger partial charge in [-0.1, -0.05) is 25.5 Å². The molecule has 1 rings (SSSR count). The first kappa shape index (κ1) is 17.3. The molecular weight excluding hydrogens is 262 g/mol. The van der Waals surface area contributed by atoms with Crippen molar-refractivity contribution in [2.45, 2.75) is 46.0 Å². The van der Waals surface area contributed by atoms with Crippen LogP contribution in [0.5, 0.6) is 5.75 Å². The molecule has 1 atom stereocenters. The number of allylic oxidation sites excluding steroid dienone is 2. The maximum Gasteiger partial charge on any atom is 0.227 e. The van der Waals surface area contributed by atoms with Gasteiger partial charge in [0.25, 0.3) is 0 Å². The van der Waals surface area contributed by atoms with Crippen molar-refractivity contribution in [2.24, 2.45) is 5.92 Å².